The first kappa shape index (κ1) is 18.8. The van der Waals surface area contributed by atoms with Crippen LogP contribution in [0.5, 0.6) is 0 Å². The van der Waals surface area contributed by atoms with Gasteiger partial charge in [-0.15, -0.1) is 0 Å². The molecule has 0 N–H and O–H groups in total. The molecule has 1 aliphatic rings. The quantitative estimate of drug-likeness (QED) is 0.505. The van der Waals surface area contributed by atoms with E-state index >= 15 is 0 Å². The van der Waals surface area contributed by atoms with Crippen molar-refractivity contribution in [3.63, 3.8) is 0 Å². The van der Waals surface area contributed by atoms with Gasteiger partial charge in [0.15, 0.2) is 0 Å². The van der Waals surface area contributed by atoms with Crippen molar-refractivity contribution in [2.24, 2.45) is 7.05 Å². The SMILES string of the molecule is Cn1ccc(C(=O)N2CCCC(c3cccc(-c4cnc5ccc(Cl)cn45)n3)C2)n1. The van der Waals surface area contributed by atoms with Crippen LogP contribution in [0.2, 0.25) is 5.02 Å². The molecule has 0 spiro atoms. The first-order valence-corrected chi connectivity index (χ1v) is 10.3. The molecule has 0 aromatic carbocycles. The fourth-order valence-electron chi connectivity index (χ4n) is 4.06. The minimum absolute atomic E-state index is 0.0205. The average Bonchev–Trinajstić information content (AvgIpc) is 3.39. The van der Waals surface area contributed by atoms with Gasteiger partial charge in [0, 0.05) is 44.1 Å². The van der Waals surface area contributed by atoms with Crippen LogP contribution in [0, 0.1) is 0 Å². The van der Waals surface area contributed by atoms with Crippen molar-refractivity contribution >= 4 is 23.2 Å². The number of aromatic nitrogens is 5. The number of amides is 1. The molecular weight excluding hydrogens is 400 g/mol. The molecule has 4 aromatic rings. The van der Waals surface area contributed by atoms with Crippen molar-refractivity contribution in [2.45, 2.75) is 18.8 Å². The zero-order chi connectivity index (χ0) is 20.7. The Morgan fingerprint density at radius 1 is 1.20 bits per heavy atom. The van der Waals surface area contributed by atoms with Gasteiger partial charge >= 0.3 is 0 Å². The maximum Gasteiger partial charge on any atom is 0.274 e. The molecule has 5 rings (SSSR count). The van der Waals surface area contributed by atoms with Crippen LogP contribution in [0.25, 0.3) is 17.0 Å². The standard InChI is InChI=1S/C22H21ClN6O/c1-27-11-9-19(26-27)22(30)28-10-3-4-15(13-28)17-5-2-6-18(25-17)20-12-24-21-8-7-16(23)14-29(20)21/h2,5-9,11-12,14-15H,3-4,10,13H2,1H3. The first-order valence-electron chi connectivity index (χ1n) is 9.97. The zero-order valence-corrected chi connectivity index (χ0v) is 17.3. The van der Waals surface area contributed by atoms with Crippen LogP contribution in [0.15, 0.2) is 55.0 Å². The van der Waals surface area contributed by atoms with Crippen molar-refractivity contribution in [2.75, 3.05) is 13.1 Å². The minimum atomic E-state index is -0.0205. The van der Waals surface area contributed by atoms with E-state index < -0.39 is 0 Å². The number of hydrogen-bond acceptors (Lipinski definition) is 4. The van der Waals surface area contributed by atoms with Crippen molar-refractivity contribution < 1.29 is 4.79 Å². The Labute approximate surface area is 178 Å². The highest BCUT2D eigenvalue weighted by Gasteiger charge is 2.27. The predicted octanol–water partition coefficient (Wildman–Crippen LogP) is 3.80. The molecule has 1 atom stereocenters. The van der Waals surface area contributed by atoms with Gasteiger partial charge in [-0.25, -0.2) is 4.98 Å². The number of piperidine rings is 1. The molecule has 1 amide bonds. The average molecular weight is 421 g/mol. The molecule has 1 unspecified atom stereocenters. The number of pyridine rings is 2. The Morgan fingerprint density at radius 3 is 2.93 bits per heavy atom. The molecule has 0 aliphatic carbocycles. The minimum Gasteiger partial charge on any atom is -0.337 e. The van der Waals surface area contributed by atoms with Gasteiger partial charge in [-0.3, -0.25) is 18.9 Å². The summed E-state index contributed by atoms with van der Waals surface area (Å²) in [6.45, 7) is 1.39. The van der Waals surface area contributed by atoms with Crippen LogP contribution in [0.4, 0.5) is 0 Å². The van der Waals surface area contributed by atoms with Crippen LogP contribution < -0.4 is 0 Å². The summed E-state index contributed by atoms with van der Waals surface area (Å²) in [7, 11) is 1.82. The van der Waals surface area contributed by atoms with Crippen LogP contribution in [-0.4, -0.2) is 48.0 Å². The number of imidazole rings is 1. The molecule has 5 heterocycles. The number of fused-ring (bicyclic) bond motifs is 1. The molecule has 1 aliphatic heterocycles. The number of rotatable bonds is 3. The number of likely N-dealkylation sites (tertiary alicyclic amines) is 1. The number of nitrogens with zero attached hydrogens (tertiary/aromatic N) is 6. The maximum atomic E-state index is 12.8. The van der Waals surface area contributed by atoms with Gasteiger partial charge in [0.05, 0.1) is 22.6 Å². The van der Waals surface area contributed by atoms with Crippen LogP contribution in [0.1, 0.15) is 34.9 Å². The Balaban J connectivity index is 1.42. The van der Waals surface area contributed by atoms with Crippen LogP contribution in [0.3, 0.4) is 0 Å². The maximum absolute atomic E-state index is 12.8. The number of carbonyl (C=O) groups excluding carboxylic acids is 1. The molecule has 0 bridgehead atoms. The summed E-state index contributed by atoms with van der Waals surface area (Å²) in [5.41, 5.74) is 4.04. The van der Waals surface area contributed by atoms with E-state index in [2.05, 4.69) is 10.1 Å². The van der Waals surface area contributed by atoms with E-state index in [1.807, 2.05) is 59.1 Å². The van der Waals surface area contributed by atoms with Crippen molar-refractivity contribution in [3.05, 3.63) is 71.4 Å². The lowest BCUT2D eigenvalue weighted by Crippen LogP contribution is -2.39. The topological polar surface area (TPSA) is 68.3 Å². The van der Waals surface area contributed by atoms with Gasteiger partial charge < -0.3 is 4.90 Å². The van der Waals surface area contributed by atoms with E-state index in [0.717, 1.165) is 42.1 Å². The van der Waals surface area contributed by atoms with Crippen LogP contribution >= 0.6 is 11.6 Å². The van der Waals surface area contributed by atoms with Gasteiger partial charge in [-0.05, 0) is 43.2 Å². The number of aryl methyl sites for hydroxylation is 1. The monoisotopic (exact) mass is 420 g/mol. The third-order valence-corrected chi connectivity index (χ3v) is 5.79. The van der Waals surface area contributed by atoms with Crippen molar-refractivity contribution in [1.29, 1.82) is 0 Å². The third kappa shape index (κ3) is 3.45. The van der Waals surface area contributed by atoms with Gasteiger partial charge in [0.1, 0.15) is 11.3 Å². The molecule has 30 heavy (non-hydrogen) atoms. The Hall–Kier alpha value is -3.19. The molecule has 0 radical (unpaired) electrons. The second-order valence-corrected chi connectivity index (χ2v) is 8.07. The number of carbonyl (C=O) groups is 1. The second-order valence-electron chi connectivity index (χ2n) is 7.63. The van der Waals surface area contributed by atoms with E-state index in [0.29, 0.717) is 17.3 Å². The van der Waals surface area contributed by atoms with E-state index in [1.54, 1.807) is 16.9 Å². The summed E-state index contributed by atoms with van der Waals surface area (Å²) in [6.07, 6.45) is 7.40. The normalized spacial score (nSPS) is 16.9. The Bertz CT molecular complexity index is 1230. The second kappa shape index (κ2) is 7.57. The van der Waals surface area contributed by atoms with Crippen LogP contribution in [-0.2, 0) is 7.05 Å². The fourth-order valence-corrected chi connectivity index (χ4v) is 4.22. The zero-order valence-electron chi connectivity index (χ0n) is 16.6. The van der Waals surface area contributed by atoms with Crippen molar-refractivity contribution in [3.8, 4) is 11.4 Å². The van der Waals surface area contributed by atoms with E-state index in [4.69, 9.17) is 16.6 Å². The summed E-state index contributed by atoms with van der Waals surface area (Å²) in [4.78, 5) is 24.1. The van der Waals surface area contributed by atoms with Gasteiger partial charge in [-0.1, -0.05) is 17.7 Å². The summed E-state index contributed by atoms with van der Waals surface area (Å²) in [5, 5.41) is 4.90. The Kier molecular flexibility index (Phi) is 4.75. The third-order valence-electron chi connectivity index (χ3n) is 5.56. The van der Waals surface area contributed by atoms with E-state index in [1.165, 1.54) is 0 Å². The fraction of sp³-hybridized carbons (Fsp3) is 0.273. The molecular formula is C22H21ClN6O. The number of hydrogen-bond donors (Lipinski definition) is 0. The van der Waals surface area contributed by atoms with Gasteiger partial charge in [0.2, 0.25) is 0 Å². The molecule has 1 saturated heterocycles. The highest BCUT2D eigenvalue weighted by atomic mass is 35.5. The molecule has 1 fully saturated rings. The van der Waals surface area contributed by atoms with E-state index in [-0.39, 0.29) is 11.8 Å². The highest BCUT2D eigenvalue weighted by Crippen LogP contribution is 2.29. The molecule has 7 nitrogen and oxygen atoms in total. The predicted molar refractivity (Wildman–Crippen MR) is 115 cm³/mol. The molecule has 4 aromatic heterocycles. The van der Waals surface area contributed by atoms with Crippen molar-refractivity contribution in [1.82, 2.24) is 29.0 Å². The van der Waals surface area contributed by atoms with E-state index in [9.17, 15) is 4.79 Å². The lowest BCUT2D eigenvalue weighted by atomic mass is 9.94. The summed E-state index contributed by atoms with van der Waals surface area (Å²) in [6, 6.07) is 11.5. The largest absolute Gasteiger partial charge is 0.337 e. The summed E-state index contributed by atoms with van der Waals surface area (Å²) < 4.78 is 3.61. The summed E-state index contributed by atoms with van der Waals surface area (Å²) >= 11 is 6.17. The first-order chi connectivity index (χ1) is 14.6. The lowest BCUT2D eigenvalue weighted by Gasteiger charge is -2.32. The summed E-state index contributed by atoms with van der Waals surface area (Å²) in [5.74, 6) is 0.169. The smallest absolute Gasteiger partial charge is 0.274 e. The van der Waals surface area contributed by atoms with Gasteiger partial charge in [-0.2, -0.15) is 5.10 Å². The molecule has 8 heteroatoms. The number of halogens is 1. The lowest BCUT2D eigenvalue weighted by molar-refractivity contribution is 0.0699. The highest BCUT2D eigenvalue weighted by molar-refractivity contribution is 6.30. The molecule has 0 saturated carbocycles. The van der Waals surface area contributed by atoms with Gasteiger partial charge in [0.25, 0.3) is 5.91 Å². The Morgan fingerprint density at radius 2 is 2.10 bits per heavy atom. The molecule has 152 valence electrons.